The molecule has 0 aromatic heterocycles. The zero-order valence-corrected chi connectivity index (χ0v) is 11.0. The number of hydrogen-bond donors (Lipinski definition) is 0. The second kappa shape index (κ2) is 7.56. The highest BCUT2D eigenvalue weighted by atomic mass is 16.7. The molecule has 19 heavy (non-hydrogen) atoms. The first-order chi connectivity index (χ1) is 9.40. The fraction of sp³-hybridized carbons (Fsp3) is 0.250. The fourth-order valence-corrected chi connectivity index (χ4v) is 1.71. The van der Waals surface area contributed by atoms with Gasteiger partial charge in [-0.2, -0.15) is 0 Å². The summed E-state index contributed by atoms with van der Waals surface area (Å²) in [5.74, 6) is 0.804. The number of methoxy groups -OCH3 is 1. The largest absolute Gasteiger partial charge is 0.468 e. The Balaban J connectivity index is 1.92. The second-order valence-corrected chi connectivity index (χ2v) is 4.06. The predicted octanol–water partition coefficient (Wildman–Crippen LogP) is 3.35. The van der Waals surface area contributed by atoms with Gasteiger partial charge in [-0.25, -0.2) is 0 Å². The maximum atomic E-state index is 5.54. The standard InChI is InChI=1S/C16H18O3/c1-17-10-11-18-13-19-16-9-5-8-15(12-16)14-6-3-2-4-7-14/h2-9,12H,10-11,13H2,1H3. The minimum atomic E-state index is 0.238. The van der Waals surface area contributed by atoms with Gasteiger partial charge in [0, 0.05) is 7.11 Å². The maximum absolute atomic E-state index is 5.54. The van der Waals surface area contributed by atoms with Gasteiger partial charge < -0.3 is 14.2 Å². The molecule has 0 spiro atoms. The summed E-state index contributed by atoms with van der Waals surface area (Å²) in [6.07, 6.45) is 0. The Morgan fingerprint density at radius 2 is 1.63 bits per heavy atom. The van der Waals surface area contributed by atoms with Crippen LogP contribution in [0.5, 0.6) is 5.75 Å². The molecular weight excluding hydrogens is 240 g/mol. The van der Waals surface area contributed by atoms with Gasteiger partial charge in [0.05, 0.1) is 13.2 Å². The molecule has 0 saturated carbocycles. The molecule has 0 heterocycles. The van der Waals surface area contributed by atoms with Crippen molar-refractivity contribution in [1.82, 2.24) is 0 Å². The molecule has 0 N–H and O–H groups in total. The lowest BCUT2D eigenvalue weighted by Crippen LogP contribution is -2.07. The summed E-state index contributed by atoms with van der Waals surface area (Å²) in [4.78, 5) is 0. The molecule has 0 amide bonds. The first kappa shape index (κ1) is 13.6. The summed E-state index contributed by atoms with van der Waals surface area (Å²) in [5, 5.41) is 0. The van der Waals surface area contributed by atoms with Gasteiger partial charge in [0.25, 0.3) is 0 Å². The average Bonchev–Trinajstić information content (AvgIpc) is 2.48. The zero-order chi connectivity index (χ0) is 13.3. The van der Waals surface area contributed by atoms with Crippen LogP contribution in [0.25, 0.3) is 11.1 Å². The monoisotopic (exact) mass is 258 g/mol. The zero-order valence-electron chi connectivity index (χ0n) is 11.0. The maximum Gasteiger partial charge on any atom is 0.189 e. The van der Waals surface area contributed by atoms with Crippen LogP contribution in [0.2, 0.25) is 0 Å². The SMILES string of the molecule is COCCOCOc1cccc(-c2ccccc2)c1. The number of benzene rings is 2. The molecule has 0 aliphatic carbocycles. The Kier molecular flexibility index (Phi) is 5.41. The van der Waals surface area contributed by atoms with Crippen molar-refractivity contribution in [2.45, 2.75) is 0 Å². The first-order valence-corrected chi connectivity index (χ1v) is 6.25. The predicted molar refractivity (Wildman–Crippen MR) is 75.2 cm³/mol. The second-order valence-electron chi connectivity index (χ2n) is 4.06. The summed E-state index contributed by atoms with van der Waals surface area (Å²) >= 11 is 0. The van der Waals surface area contributed by atoms with E-state index in [1.165, 1.54) is 5.56 Å². The van der Waals surface area contributed by atoms with Crippen LogP contribution in [0.15, 0.2) is 54.6 Å². The van der Waals surface area contributed by atoms with Crippen LogP contribution in [0.1, 0.15) is 0 Å². The van der Waals surface area contributed by atoms with Gasteiger partial charge in [-0.3, -0.25) is 0 Å². The molecule has 2 aromatic carbocycles. The smallest absolute Gasteiger partial charge is 0.189 e. The van der Waals surface area contributed by atoms with E-state index < -0.39 is 0 Å². The van der Waals surface area contributed by atoms with Gasteiger partial charge in [0.1, 0.15) is 5.75 Å². The highest BCUT2D eigenvalue weighted by Crippen LogP contribution is 2.23. The first-order valence-electron chi connectivity index (χ1n) is 6.25. The molecule has 0 bridgehead atoms. The van der Waals surface area contributed by atoms with Gasteiger partial charge in [-0.05, 0) is 23.3 Å². The fourth-order valence-electron chi connectivity index (χ4n) is 1.71. The van der Waals surface area contributed by atoms with Gasteiger partial charge in [-0.1, -0.05) is 42.5 Å². The summed E-state index contributed by atoms with van der Waals surface area (Å²) in [6, 6.07) is 18.2. The van der Waals surface area contributed by atoms with Crippen LogP contribution in [0.4, 0.5) is 0 Å². The molecule has 100 valence electrons. The van der Waals surface area contributed by atoms with Crippen molar-refractivity contribution in [2.24, 2.45) is 0 Å². The van der Waals surface area contributed by atoms with Crippen molar-refractivity contribution < 1.29 is 14.2 Å². The Bertz CT molecular complexity index is 482. The lowest BCUT2D eigenvalue weighted by atomic mass is 10.1. The van der Waals surface area contributed by atoms with Crippen molar-refractivity contribution in [1.29, 1.82) is 0 Å². The van der Waals surface area contributed by atoms with E-state index in [0.29, 0.717) is 13.2 Å². The number of hydrogen-bond acceptors (Lipinski definition) is 3. The summed E-state index contributed by atoms with van der Waals surface area (Å²) in [6.45, 7) is 1.35. The molecule has 3 heteroatoms. The van der Waals surface area contributed by atoms with Gasteiger partial charge in [0.15, 0.2) is 6.79 Å². The van der Waals surface area contributed by atoms with E-state index in [0.717, 1.165) is 11.3 Å². The summed E-state index contributed by atoms with van der Waals surface area (Å²) in [5.41, 5.74) is 2.31. The van der Waals surface area contributed by atoms with E-state index in [9.17, 15) is 0 Å². The Morgan fingerprint density at radius 3 is 2.42 bits per heavy atom. The highest BCUT2D eigenvalue weighted by molar-refractivity contribution is 5.64. The minimum Gasteiger partial charge on any atom is -0.468 e. The number of ether oxygens (including phenoxy) is 3. The number of rotatable bonds is 7. The molecule has 0 aliphatic heterocycles. The molecule has 0 fully saturated rings. The van der Waals surface area contributed by atoms with E-state index >= 15 is 0 Å². The third-order valence-corrected chi connectivity index (χ3v) is 2.68. The minimum absolute atomic E-state index is 0.238. The Morgan fingerprint density at radius 1 is 0.842 bits per heavy atom. The van der Waals surface area contributed by atoms with Crippen LogP contribution in [-0.2, 0) is 9.47 Å². The van der Waals surface area contributed by atoms with Crippen LogP contribution >= 0.6 is 0 Å². The Hall–Kier alpha value is -1.84. The van der Waals surface area contributed by atoms with Gasteiger partial charge in [-0.15, -0.1) is 0 Å². The van der Waals surface area contributed by atoms with Crippen LogP contribution in [-0.4, -0.2) is 27.1 Å². The van der Waals surface area contributed by atoms with E-state index in [2.05, 4.69) is 18.2 Å². The van der Waals surface area contributed by atoms with Crippen LogP contribution < -0.4 is 4.74 Å². The molecule has 0 atom stereocenters. The van der Waals surface area contributed by atoms with Crippen LogP contribution in [0.3, 0.4) is 0 Å². The highest BCUT2D eigenvalue weighted by Gasteiger charge is 1.99. The van der Waals surface area contributed by atoms with Crippen molar-refractivity contribution in [3.63, 3.8) is 0 Å². The third-order valence-electron chi connectivity index (χ3n) is 2.68. The molecule has 2 aromatic rings. The van der Waals surface area contributed by atoms with Crippen molar-refractivity contribution in [3.05, 3.63) is 54.6 Å². The molecule has 3 nitrogen and oxygen atoms in total. The topological polar surface area (TPSA) is 27.7 Å². The van der Waals surface area contributed by atoms with Crippen molar-refractivity contribution >= 4 is 0 Å². The molecular formula is C16H18O3. The summed E-state index contributed by atoms with van der Waals surface area (Å²) < 4.78 is 15.7. The van der Waals surface area contributed by atoms with Crippen molar-refractivity contribution in [3.8, 4) is 16.9 Å². The van der Waals surface area contributed by atoms with Crippen LogP contribution in [0, 0.1) is 0 Å². The van der Waals surface area contributed by atoms with E-state index in [1.807, 2.05) is 36.4 Å². The molecule has 0 aliphatic rings. The lowest BCUT2D eigenvalue weighted by Gasteiger charge is -2.08. The average molecular weight is 258 g/mol. The van der Waals surface area contributed by atoms with E-state index in [1.54, 1.807) is 7.11 Å². The van der Waals surface area contributed by atoms with Gasteiger partial charge >= 0.3 is 0 Å². The third kappa shape index (κ3) is 4.39. The molecule has 0 saturated heterocycles. The van der Waals surface area contributed by atoms with E-state index in [-0.39, 0.29) is 6.79 Å². The lowest BCUT2D eigenvalue weighted by molar-refractivity contribution is -0.00844. The molecule has 2 rings (SSSR count). The quantitative estimate of drug-likeness (QED) is 0.563. The summed E-state index contributed by atoms with van der Waals surface area (Å²) in [7, 11) is 1.65. The van der Waals surface area contributed by atoms with E-state index in [4.69, 9.17) is 14.2 Å². The van der Waals surface area contributed by atoms with Crippen molar-refractivity contribution in [2.75, 3.05) is 27.1 Å². The Labute approximate surface area is 113 Å². The normalized spacial score (nSPS) is 10.4. The molecule has 0 unspecified atom stereocenters. The van der Waals surface area contributed by atoms with Gasteiger partial charge in [0.2, 0.25) is 0 Å². The molecule has 0 radical (unpaired) electrons.